The molecule has 2 aromatic carbocycles. The summed E-state index contributed by atoms with van der Waals surface area (Å²) in [5.74, 6) is 0.230. The number of rotatable bonds is 6. The molecule has 0 heterocycles. The van der Waals surface area contributed by atoms with Crippen LogP contribution in [0, 0.1) is 10.1 Å². The summed E-state index contributed by atoms with van der Waals surface area (Å²) in [7, 11) is 1.59. The zero-order chi connectivity index (χ0) is 17.5. The van der Waals surface area contributed by atoms with Crippen molar-refractivity contribution in [2.75, 3.05) is 7.11 Å². The van der Waals surface area contributed by atoms with Gasteiger partial charge in [0, 0.05) is 17.7 Å². The number of amides is 1. The molecule has 0 aromatic heterocycles. The number of non-ortho nitro benzene ring substituents is 1. The van der Waals surface area contributed by atoms with Crippen molar-refractivity contribution < 1.29 is 14.5 Å². The Morgan fingerprint density at radius 3 is 2.50 bits per heavy atom. The summed E-state index contributed by atoms with van der Waals surface area (Å²) >= 11 is 0. The van der Waals surface area contributed by atoms with E-state index in [-0.39, 0.29) is 11.3 Å². The molecule has 0 spiro atoms. The highest BCUT2D eigenvalue weighted by molar-refractivity contribution is 6.02. The Morgan fingerprint density at radius 1 is 1.21 bits per heavy atom. The van der Waals surface area contributed by atoms with E-state index in [1.807, 2.05) is 31.2 Å². The Labute approximate surface area is 139 Å². The molecular weight excluding hydrogens is 310 g/mol. The molecule has 0 aliphatic carbocycles. The van der Waals surface area contributed by atoms with Crippen molar-refractivity contribution in [2.24, 2.45) is 5.10 Å². The molecule has 0 aliphatic heterocycles. The fourth-order valence-electron chi connectivity index (χ4n) is 2.07. The first kappa shape index (κ1) is 17.1. The molecule has 124 valence electrons. The molecule has 1 N–H and O–H groups in total. The van der Waals surface area contributed by atoms with Gasteiger partial charge in [-0.05, 0) is 42.3 Å². The second-order valence-corrected chi connectivity index (χ2v) is 4.89. The standard InChI is InChI=1S/C17H17N3O4/c1-3-16(12-7-9-15(24-2)10-8-12)18-19-17(21)13-5-4-6-14(11-13)20(22)23/h4-11H,3H2,1-2H3,(H,19,21)/b18-16+. The van der Waals surface area contributed by atoms with Crippen LogP contribution in [0.15, 0.2) is 53.6 Å². The average molecular weight is 327 g/mol. The number of nitrogens with one attached hydrogen (secondary N) is 1. The van der Waals surface area contributed by atoms with Crippen LogP contribution < -0.4 is 10.2 Å². The van der Waals surface area contributed by atoms with Crippen LogP contribution in [0.25, 0.3) is 0 Å². The third kappa shape index (κ3) is 4.16. The minimum absolute atomic E-state index is 0.141. The van der Waals surface area contributed by atoms with Crippen molar-refractivity contribution in [1.29, 1.82) is 0 Å². The molecule has 24 heavy (non-hydrogen) atoms. The highest BCUT2D eigenvalue weighted by Gasteiger charge is 2.11. The van der Waals surface area contributed by atoms with Crippen molar-refractivity contribution in [2.45, 2.75) is 13.3 Å². The largest absolute Gasteiger partial charge is 0.497 e. The summed E-state index contributed by atoms with van der Waals surface area (Å²) in [5.41, 5.74) is 4.03. The molecule has 1 amide bonds. The van der Waals surface area contributed by atoms with Crippen LogP contribution in [0.4, 0.5) is 5.69 Å². The zero-order valence-electron chi connectivity index (χ0n) is 13.4. The number of benzene rings is 2. The van der Waals surface area contributed by atoms with Gasteiger partial charge < -0.3 is 4.74 Å². The van der Waals surface area contributed by atoms with E-state index in [4.69, 9.17) is 4.74 Å². The minimum atomic E-state index is -0.547. The number of nitro benzene ring substituents is 1. The normalized spacial score (nSPS) is 11.0. The molecule has 0 saturated carbocycles. The van der Waals surface area contributed by atoms with Gasteiger partial charge in [-0.15, -0.1) is 0 Å². The van der Waals surface area contributed by atoms with E-state index in [9.17, 15) is 14.9 Å². The van der Waals surface area contributed by atoms with Crippen LogP contribution in [-0.4, -0.2) is 23.7 Å². The van der Waals surface area contributed by atoms with E-state index >= 15 is 0 Å². The number of ether oxygens (including phenoxy) is 1. The molecule has 0 radical (unpaired) electrons. The van der Waals surface area contributed by atoms with E-state index in [1.165, 1.54) is 24.3 Å². The number of hydrazone groups is 1. The van der Waals surface area contributed by atoms with Crippen molar-refractivity contribution in [3.63, 3.8) is 0 Å². The maximum Gasteiger partial charge on any atom is 0.271 e. The number of hydrogen-bond donors (Lipinski definition) is 1. The lowest BCUT2D eigenvalue weighted by molar-refractivity contribution is -0.384. The summed E-state index contributed by atoms with van der Waals surface area (Å²) in [6.07, 6.45) is 0.613. The van der Waals surface area contributed by atoms with Gasteiger partial charge in [0.25, 0.3) is 11.6 Å². The first-order valence-corrected chi connectivity index (χ1v) is 7.31. The van der Waals surface area contributed by atoms with Crippen molar-refractivity contribution in [3.8, 4) is 5.75 Å². The highest BCUT2D eigenvalue weighted by Crippen LogP contribution is 2.14. The molecule has 0 bridgehead atoms. The molecule has 0 aliphatic rings. The lowest BCUT2D eigenvalue weighted by atomic mass is 10.1. The molecule has 0 atom stereocenters. The monoisotopic (exact) mass is 327 g/mol. The predicted octanol–water partition coefficient (Wildman–Crippen LogP) is 3.15. The molecule has 0 unspecified atom stereocenters. The quantitative estimate of drug-likeness (QED) is 0.501. The van der Waals surface area contributed by atoms with Crippen molar-refractivity contribution in [1.82, 2.24) is 5.43 Å². The van der Waals surface area contributed by atoms with Crippen molar-refractivity contribution >= 4 is 17.3 Å². The Morgan fingerprint density at radius 2 is 1.92 bits per heavy atom. The van der Waals surface area contributed by atoms with Crippen LogP contribution in [0.5, 0.6) is 5.75 Å². The second-order valence-electron chi connectivity index (χ2n) is 4.89. The number of nitro groups is 1. The molecule has 0 fully saturated rings. The summed E-state index contributed by atoms with van der Waals surface area (Å²) in [6, 6.07) is 12.8. The summed E-state index contributed by atoms with van der Waals surface area (Å²) in [4.78, 5) is 22.3. The highest BCUT2D eigenvalue weighted by atomic mass is 16.6. The number of carbonyl (C=O) groups is 1. The van der Waals surface area contributed by atoms with Crippen LogP contribution in [0.2, 0.25) is 0 Å². The number of methoxy groups -OCH3 is 1. The molecule has 2 rings (SSSR count). The van der Waals surface area contributed by atoms with Gasteiger partial charge >= 0.3 is 0 Å². The van der Waals surface area contributed by atoms with E-state index in [1.54, 1.807) is 7.11 Å². The van der Waals surface area contributed by atoms with Gasteiger partial charge in [-0.25, -0.2) is 5.43 Å². The topological polar surface area (TPSA) is 93.8 Å². The van der Waals surface area contributed by atoms with E-state index < -0.39 is 10.8 Å². The third-order valence-electron chi connectivity index (χ3n) is 3.37. The van der Waals surface area contributed by atoms with Gasteiger partial charge in [-0.1, -0.05) is 13.0 Å². The van der Waals surface area contributed by atoms with Gasteiger partial charge in [0.15, 0.2) is 0 Å². The fraction of sp³-hybridized carbons (Fsp3) is 0.176. The maximum absolute atomic E-state index is 12.1. The molecule has 7 nitrogen and oxygen atoms in total. The number of carbonyl (C=O) groups excluding carboxylic acids is 1. The molecule has 7 heteroatoms. The third-order valence-corrected chi connectivity index (χ3v) is 3.37. The minimum Gasteiger partial charge on any atom is -0.497 e. The van der Waals surface area contributed by atoms with Gasteiger partial charge in [0.2, 0.25) is 0 Å². The van der Waals surface area contributed by atoms with Gasteiger partial charge in [0.1, 0.15) is 5.75 Å². The smallest absolute Gasteiger partial charge is 0.271 e. The molecular formula is C17H17N3O4. The summed E-state index contributed by atoms with van der Waals surface area (Å²) < 4.78 is 5.10. The Bertz CT molecular complexity index is 770. The van der Waals surface area contributed by atoms with Crippen LogP contribution in [-0.2, 0) is 0 Å². The Balaban J connectivity index is 2.15. The zero-order valence-corrected chi connectivity index (χ0v) is 13.4. The van der Waals surface area contributed by atoms with E-state index in [0.717, 1.165) is 11.3 Å². The first-order chi connectivity index (χ1) is 11.5. The van der Waals surface area contributed by atoms with E-state index in [2.05, 4.69) is 10.5 Å². The van der Waals surface area contributed by atoms with Crippen LogP contribution >= 0.6 is 0 Å². The average Bonchev–Trinajstić information content (AvgIpc) is 2.62. The van der Waals surface area contributed by atoms with E-state index in [0.29, 0.717) is 12.1 Å². The van der Waals surface area contributed by atoms with Crippen molar-refractivity contribution in [3.05, 3.63) is 69.8 Å². The maximum atomic E-state index is 12.1. The lowest BCUT2D eigenvalue weighted by Gasteiger charge is -2.06. The molecule has 0 saturated heterocycles. The lowest BCUT2D eigenvalue weighted by Crippen LogP contribution is -2.20. The Hall–Kier alpha value is -3.22. The number of nitrogens with zero attached hydrogens (tertiary/aromatic N) is 2. The summed E-state index contributed by atoms with van der Waals surface area (Å²) in [6.45, 7) is 1.92. The first-order valence-electron chi connectivity index (χ1n) is 7.31. The van der Waals surface area contributed by atoms with Crippen LogP contribution in [0.1, 0.15) is 29.3 Å². The predicted molar refractivity (Wildman–Crippen MR) is 90.4 cm³/mol. The fourth-order valence-corrected chi connectivity index (χ4v) is 2.07. The van der Waals surface area contributed by atoms with Gasteiger partial charge in [0.05, 0.1) is 17.7 Å². The van der Waals surface area contributed by atoms with Gasteiger partial charge in [-0.2, -0.15) is 5.10 Å². The SMILES string of the molecule is CC/C(=N\NC(=O)c1cccc([N+](=O)[O-])c1)c1ccc(OC)cc1. The van der Waals surface area contributed by atoms with Gasteiger partial charge in [-0.3, -0.25) is 14.9 Å². The second kappa shape index (κ2) is 7.87. The van der Waals surface area contributed by atoms with Crippen LogP contribution in [0.3, 0.4) is 0 Å². The summed E-state index contributed by atoms with van der Waals surface area (Å²) in [5, 5.41) is 14.9. The Kier molecular flexibility index (Phi) is 5.62. The molecule has 2 aromatic rings. The number of hydrogen-bond acceptors (Lipinski definition) is 5.